The van der Waals surface area contributed by atoms with E-state index in [4.69, 9.17) is 5.73 Å². The van der Waals surface area contributed by atoms with Gasteiger partial charge in [-0.2, -0.15) is 0 Å². The lowest BCUT2D eigenvalue weighted by Gasteiger charge is -2.18. The zero-order chi connectivity index (χ0) is 13.1. The van der Waals surface area contributed by atoms with Gasteiger partial charge < -0.3 is 10.6 Å². The number of aromatic nitrogens is 1. The number of carbonyl (C=O) groups excluding carboxylic acids is 1. The van der Waals surface area contributed by atoms with Gasteiger partial charge in [0.2, 0.25) is 5.91 Å². The van der Waals surface area contributed by atoms with Gasteiger partial charge in [0.05, 0.1) is 18.3 Å². The molecule has 2 rings (SSSR count). The second kappa shape index (κ2) is 5.38. The van der Waals surface area contributed by atoms with Crippen LogP contribution in [-0.2, 0) is 11.2 Å². The van der Waals surface area contributed by atoms with Crippen molar-refractivity contribution in [3.63, 3.8) is 0 Å². The number of hydrogen-bond acceptors (Lipinski definition) is 3. The molecule has 1 aromatic rings. The lowest BCUT2D eigenvalue weighted by Crippen LogP contribution is -2.30. The van der Waals surface area contributed by atoms with Gasteiger partial charge in [-0.05, 0) is 30.4 Å². The molecule has 0 radical (unpaired) electrons. The van der Waals surface area contributed by atoms with Crippen LogP contribution in [0.2, 0.25) is 0 Å². The van der Waals surface area contributed by atoms with Crippen LogP contribution in [-0.4, -0.2) is 28.9 Å². The van der Waals surface area contributed by atoms with E-state index >= 15 is 0 Å². The quantitative estimate of drug-likeness (QED) is 0.884. The third-order valence-electron chi connectivity index (χ3n) is 3.70. The normalized spacial score (nSPS) is 19.5. The second-order valence-corrected chi connectivity index (χ2v) is 5.39. The molecule has 4 heteroatoms. The number of nitrogen functional groups attached to an aromatic ring is 1. The summed E-state index contributed by atoms with van der Waals surface area (Å²) >= 11 is 0. The fraction of sp³-hybridized carbons (Fsp3) is 0.571. The Kier molecular flexibility index (Phi) is 3.84. The summed E-state index contributed by atoms with van der Waals surface area (Å²) in [5.74, 6) is 1.47. The van der Waals surface area contributed by atoms with Crippen molar-refractivity contribution in [1.82, 2.24) is 9.88 Å². The standard InChI is InChI=1S/C14H21N3O/c1-10(2)11-5-6-17(9-11)14(18)7-13-4-3-12(15)8-16-13/h3-4,8,10-11H,5-7,9,15H2,1-2H3. The van der Waals surface area contributed by atoms with Crippen LogP contribution in [0, 0.1) is 11.8 Å². The molecule has 0 spiro atoms. The first-order valence-corrected chi connectivity index (χ1v) is 6.54. The molecule has 1 aliphatic rings. The van der Waals surface area contributed by atoms with Crippen molar-refractivity contribution >= 4 is 11.6 Å². The Morgan fingerprint density at radius 2 is 2.33 bits per heavy atom. The van der Waals surface area contributed by atoms with E-state index in [1.807, 2.05) is 11.0 Å². The van der Waals surface area contributed by atoms with E-state index in [9.17, 15) is 4.79 Å². The molecule has 1 fully saturated rings. The Labute approximate surface area is 108 Å². The number of nitrogens with zero attached hydrogens (tertiary/aromatic N) is 2. The van der Waals surface area contributed by atoms with Gasteiger partial charge in [-0.25, -0.2) is 0 Å². The first kappa shape index (κ1) is 12.9. The largest absolute Gasteiger partial charge is 0.397 e. The van der Waals surface area contributed by atoms with Gasteiger partial charge in [0.15, 0.2) is 0 Å². The third kappa shape index (κ3) is 3.00. The smallest absolute Gasteiger partial charge is 0.228 e. The highest BCUT2D eigenvalue weighted by atomic mass is 16.2. The SMILES string of the molecule is CC(C)C1CCN(C(=O)Cc2ccc(N)cn2)C1. The van der Waals surface area contributed by atoms with Crippen molar-refractivity contribution in [2.24, 2.45) is 11.8 Å². The molecule has 1 aliphatic heterocycles. The molecule has 0 aromatic carbocycles. The van der Waals surface area contributed by atoms with Gasteiger partial charge in [-0.3, -0.25) is 9.78 Å². The molecule has 2 heterocycles. The number of carbonyl (C=O) groups is 1. The average molecular weight is 247 g/mol. The van der Waals surface area contributed by atoms with Crippen molar-refractivity contribution in [2.75, 3.05) is 18.8 Å². The molecule has 98 valence electrons. The molecular weight excluding hydrogens is 226 g/mol. The molecule has 0 bridgehead atoms. The maximum atomic E-state index is 12.1. The van der Waals surface area contributed by atoms with Crippen molar-refractivity contribution in [1.29, 1.82) is 0 Å². The van der Waals surface area contributed by atoms with Gasteiger partial charge in [0.25, 0.3) is 0 Å². The minimum absolute atomic E-state index is 0.176. The fourth-order valence-corrected chi connectivity index (χ4v) is 2.37. The predicted octanol–water partition coefficient (Wildman–Crippen LogP) is 1.71. The minimum Gasteiger partial charge on any atom is -0.397 e. The van der Waals surface area contributed by atoms with Crippen LogP contribution in [0.5, 0.6) is 0 Å². The summed E-state index contributed by atoms with van der Waals surface area (Å²) in [5.41, 5.74) is 7.00. The number of rotatable bonds is 3. The van der Waals surface area contributed by atoms with Gasteiger partial charge in [0, 0.05) is 18.8 Å². The summed E-state index contributed by atoms with van der Waals surface area (Å²) in [4.78, 5) is 18.3. The Hall–Kier alpha value is -1.58. The Balaban J connectivity index is 1.91. The van der Waals surface area contributed by atoms with Crippen molar-refractivity contribution in [3.05, 3.63) is 24.0 Å². The number of likely N-dealkylation sites (tertiary alicyclic amines) is 1. The zero-order valence-electron chi connectivity index (χ0n) is 11.1. The van der Waals surface area contributed by atoms with Crippen LogP contribution in [0.15, 0.2) is 18.3 Å². The lowest BCUT2D eigenvalue weighted by atomic mass is 9.95. The number of anilines is 1. The van der Waals surface area contributed by atoms with Crippen LogP contribution in [0.1, 0.15) is 26.0 Å². The van der Waals surface area contributed by atoms with Gasteiger partial charge in [0.1, 0.15) is 0 Å². The molecule has 1 atom stereocenters. The number of amides is 1. The number of nitrogens with two attached hydrogens (primary N) is 1. The minimum atomic E-state index is 0.176. The van der Waals surface area contributed by atoms with Crippen molar-refractivity contribution in [2.45, 2.75) is 26.7 Å². The van der Waals surface area contributed by atoms with E-state index in [0.29, 0.717) is 23.9 Å². The summed E-state index contributed by atoms with van der Waals surface area (Å²) in [6.07, 6.45) is 3.10. The average Bonchev–Trinajstić information content (AvgIpc) is 2.81. The molecule has 1 aromatic heterocycles. The summed E-state index contributed by atoms with van der Waals surface area (Å²) in [5, 5.41) is 0. The van der Waals surface area contributed by atoms with Gasteiger partial charge in [-0.1, -0.05) is 13.8 Å². The zero-order valence-corrected chi connectivity index (χ0v) is 11.1. The second-order valence-electron chi connectivity index (χ2n) is 5.39. The molecule has 0 aliphatic carbocycles. The molecule has 4 nitrogen and oxygen atoms in total. The van der Waals surface area contributed by atoms with Crippen LogP contribution in [0.3, 0.4) is 0 Å². The molecule has 1 saturated heterocycles. The third-order valence-corrected chi connectivity index (χ3v) is 3.70. The topological polar surface area (TPSA) is 59.2 Å². The Bertz CT molecular complexity index is 414. The highest BCUT2D eigenvalue weighted by molar-refractivity contribution is 5.78. The number of pyridine rings is 1. The van der Waals surface area contributed by atoms with E-state index in [-0.39, 0.29) is 5.91 Å². The van der Waals surface area contributed by atoms with Gasteiger partial charge >= 0.3 is 0 Å². The molecule has 18 heavy (non-hydrogen) atoms. The molecule has 0 saturated carbocycles. The predicted molar refractivity (Wildman–Crippen MR) is 71.9 cm³/mol. The van der Waals surface area contributed by atoms with E-state index in [1.54, 1.807) is 12.3 Å². The monoisotopic (exact) mass is 247 g/mol. The summed E-state index contributed by atoms with van der Waals surface area (Å²) < 4.78 is 0. The Morgan fingerprint density at radius 1 is 1.56 bits per heavy atom. The van der Waals surface area contributed by atoms with Crippen molar-refractivity contribution < 1.29 is 4.79 Å². The fourth-order valence-electron chi connectivity index (χ4n) is 2.37. The first-order valence-electron chi connectivity index (χ1n) is 6.54. The number of hydrogen-bond donors (Lipinski definition) is 1. The summed E-state index contributed by atoms with van der Waals surface area (Å²) in [6, 6.07) is 3.61. The molecule has 1 unspecified atom stereocenters. The maximum absolute atomic E-state index is 12.1. The van der Waals surface area contributed by atoms with E-state index in [2.05, 4.69) is 18.8 Å². The highest BCUT2D eigenvalue weighted by Crippen LogP contribution is 2.23. The van der Waals surface area contributed by atoms with Gasteiger partial charge in [-0.15, -0.1) is 0 Å². The van der Waals surface area contributed by atoms with Crippen LogP contribution < -0.4 is 5.73 Å². The highest BCUT2D eigenvalue weighted by Gasteiger charge is 2.27. The van der Waals surface area contributed by atoms with Crippen LogP contribution >= 0.6 is 0 Å². The summed E-state index contributed by atoms with van der Waals surface area (Å²) in [6.45, 7) is 6.22. The van der Waals surface area contributed by atoms with E-state index < -0.39 is 0 Å². The van der Waals surface area contributed by atoms with Crippen LogP contribution in [0.25, 0.3) is 0 Å². The molecular formula is C14H21N3O. The Morgan fingerprint density at radius 3 is 2.89 bits per heavy atom. The molecule has 1 amide bonds. The van der Waals surface area contributed by atoms with Crippen LogP contribution in [0.4, 0.5) is 5.69 Å². The lowest BCUT2D eigenvalue weighted by molar-refractivity contribution is -0.129. The maximum Gasteiger partial charge on any atom is 0.228 e. The first-order chi connectivity index (χ1) is 8.56. The van der Waals surface area contributed by atoms with E-state index in [1.165, 1.54) is 0 Å². The molecule has 2 N–H and O–H groups in total. The summed E-state index contributed by atoms with van der Waals surface area (Å²) in [7, 11) is 0. The van der Waals surface area contributed by atoms with Crippen molar-refractivity contribution in [3.8, 4) is 0 Å². The van der Waals surface area contributed by atoms with E-state index in [0.717, 1.165) is 25.2 Å².